The quantitative estimate of drug-likeness (QED) is 0.822. The van der Waals surface area contributed by atoms with Gasteiger partial charge in [-0.2, -0.15) is 0 Å². The highest BCUT2D eigenvalue weighted by atomic mass is 16.3. The fourth-order valence-corrected chi connectivity index (χ4v) is 1.74. The summed E-state index contributed by atoms with van der Waals surface area (Å²) >= 11 is 0. The fraction of sp³-hybridized carbons (Fsp3) is 0.429. The van der Waals surface area contributed by atoms with Crippen molar-refractivity contribution in [3.8, 4) is 0 Å². The molecule has 2 N–H and O–H groups in total. The first-order valence-electron chi connectivity index (χ1n) is 6.48. The number of aromatic nitrogens is 3. The Bertz CT molecular complexity index is 504. The molecular weight excluding hydrogens is 240 g/mol. The van der Waals surface area contributed by atoms with Crippen molar-refractivity contribution < 1.29 is 5.11 Å². The van der Waals surface area contributed by atoms with E-state index in [0.717, 1.165) is 23.4 Å². The van der Waals surface area contributed by atoms with Gasteiger partial charge in [0.05, 0.1) is 25.0 Å². The Labute approximate surface area is 113 Å². The van der Waals surface area contributed by atoms with Crippen LogP contribution in [0.15, 0.2) is 30.5 Å². The number of benzene rings is 1. The molecule has 5 heteroatoms. The molecule has 2 rings (SSSR count). The van der Waals surface area contributed by atoms with E-state index in [4.69, 9.17) is 5.11 Å². The third-order valence-electron chi connectivity index (χ3n) is 2.83. The van der Waals surface area contributed by atoms with E-state index in [0.29, 0.717) is 12.6 Å². The SMILES string of the molecule is CC(C)NCc1cn(Cc2ccc(CO)cc2)nn1. The second kappa shape index (κ2) is 6.45. The van der Waals surface area contributed by atoms with Crippen LogP contribution in [0.1, 0.15) is 30.7 Å². The lowest BCUT2D eigenvalue weighted by molar-refractivity contribution is 0.282. The second-order valence-electron chi connectivity index (χ2n) is 4.92. The van der Waals surface area contributed by atoms with E-state index in [9.17, 15) is 0 Å². The monoisotopic (exact) mass is 260 g/mol. The van der Waals surface area contributed by atoms with Gasteiger partial charge in [-0.25, -0.2) is 4.68 Å². The molecule has 19 heavy (non-hydrogen) atoms. The molecular formula is C14H20N4O. The summed E-state index contributed by atoms with van der Waals surface area (Å²) in [6, 6.07) is 8.29. The number of hydrogen-bond acceptors (Lipinski definition) is 4. The standard InChI is InChI=1S/C14H20N4O/c1-11(2)15-7-14-9-18(17-16-14)8-12-3-5-13(10-19)6-4-12/h3-6,9,11,15,19H,7-8,10H2,1-2H3. The van der Waals surface area contributed by atoms with E-state index in [1.807, 2.05) is 35.1 Å². The minimum absolute atomic E-state index is 0.0780. The van der Waals surface area contributed by atoms with Gasteiger partial charge < -0.3 is 10.4 Å². The normalized spacial score (nSPS) is 11.2. The molecule has 0 saturated carbocycles. The molecule has 5 nitrogen and oxygen atoms in total. The van der Waals surface area contributed by atoms with Crippen molar-refractivity contribution in [2.24, 2.45) is 0 Å². The van der Waals surface area contributed by atoms with E-state index >= 15 is 0 Å². The van der Waals surface area contributed by atoms with Crippen LogP contribution in [0.5, 0.6) is 0 Å². The van der Waals surface area contributed by atoms with Crippen molar-refractivity contribution in [3.63, 3.8) is 0 Å². The first-order valence-corrected chi connectivity index (χ1v) is 6.48. The van der Waals surface area contributed by atoms with Gasteiger partial charge in [-0.05, 0) is 11.1 Å². The van der Waals surface area contributed by atoms with Crippen LogP contribution in [0, 0.1) is 0 Å². The maximum Gasteiger partial charge on any atom is 0.0965 e. The molecule has 0 spiro atoms. The van der Waals surface area contributed by atoms with Crippen LogP contribution in [-0.2, 0) is 19.7 Å². The van der Waals surface area contributed by atoms with E-state index < -0.39 is 0 Å². The Morgan fingerprint density at radius 2 is 1.89 bits per heavy atom. The summed E-state index contributed by atoms with van der Waals surface area (Å²) in [7, 11) is 0. The molecule has 1 aromatic heterocycles. The van der Waals surface area contributed by atoms with Crippen molar-refractivity contribution in [1.29, 1.82) is 0 Å². The highest BCUT2D eigenvalue weighted by molar-refractivity contribution is 5.22. The predicted molar refractivity (Wildman–Crippen MR) is 73.5 cm³/mol. The van der Waals surface area contributed by atoms with Gasteiger partial charge in [-0.1, -0.05) is 43.3 Å². The molecule has 0 aliphatic carbocycles. The smallest absolute Gasteiger partial charge is 0.0965 e. The zero-order valence-corrected chi connectivity index (χ0v) is 11.4. The van der Waals surface area contributed by atoms with Gasteiger partial charge in [0.25, 0.3) is 0 Å². The van der Waals surface area contributed by atoms with Gasteiger partial charge >= 0.3 is 0 Å². The highest BCUT2D eigenvalue weighted by Gasteiger charge is 2.02. The topological polar surface area (TPSA) is 63.0 Å². The lowest BCUT2D eigenvalue weighted by atomic mass is 10.1. The third kappa shape index (κ3) is 4.15. The Morgan fingerprint density at radius 3 is 2.53 bits per heavy atom. The van der Waals surface area contributed by atoms with Gasteiger partial charge in [0.1, 0.15) is 0 Å². The summed E-state index contributed by atoms with van der Waals surface area (Å²) in [6.45, 7) is 5.72. The second-order valence-corrected chi connectivity index (χ2v) is 4.92. The summed E-state index contributed by atoms with van der Waals surface area (Å²) < 4.78 is 1.82. The van der Waals surface area contributed by atoms with E-state index in [1.54, 1.807) is 0 Å². The average molecular weight is 260 g/mol. The van der Waals surface area contributed by atoms with Crippen molar-refractivity contribution in [1.82, 2.24) is 20.3 Å². The molecule has 1 aromatic carbocycles. The van der Waals surface area contributed by atoms with Gasteiger partial charge in [0, 0.05) is 12.6 Å². The predicted octanol–water partition coefficient (Wildman–Crippen LogP) is 1.32. The number of nitrogens with zero attached hydrogens (tertiary/aromatic N) is 3. The number of hydrogen-bond donors (Lipinski definition) is 2. The van der Waals surface area contributed by atoms with E-state index in [2.05, 4.69) is 29.5 Å². The molecule has 0 unspecified atom stereocenters. The van der Waals surface area contributed by atoms with Gasteiger partial charge in [0.15, 0.2) is 0 Å². The molecule has 0 aliphatic rings. The van der Waals surface area contributed by atoms with Crippen LogP contribution in [0.4, 0.5) is 0 Å². The van der Waals surface area contributed by atoms with Crippen LogP contribution < -0.4 is 5.32 Å². The van der Waals surface area contributed by atoms with Crippen LogP contribution in [0.2, 0.25) is 0 Å². The largest absolute Gasteiger partial charge is 0.392 e. The highest BCUT2D eigenvalue weighted by Crippen LogP contribution is 2.06. The molecule has 1 heterocycles. The fourth-order valence-electron chi connectivity index (χ4n) is 1.74. The van der Waals surface area contributed by atoms with Crippen LogP contribution >= 0.6 is 0 Å². The third-order valence-corrected chi connectivity index (χ3v) is 2.83. The number of aliphatic hydroxyl groups is 1. The molecule has 0 atom stereocenters. The lowest BCUT2D eigenvalue weighted by Gasteiger charge is -2.04. The summed E-state index contributed by atoms with van der Waals surface area (Å²) in [4.78, 5) is 0. The molecule has 0 saturated heterocycles. The van der Waals surface area contributed by atoms with Gasteiger partial charge in [0.2, 0.25) is 0 Å². The molecule has 0 fully saturated rings. The Hall–Kier alpha value is -1.72. The maximum absolute atomic E-state index is 8.99. The van der Waals surface area contributed by atoms with E-state index in [-0.39, 0.29) is 6.61 Å². The van der Waals surface area contributed by atoms with Crippen molar-refractivity contribution in [3.05, 3.63) is 47.3 Å². The molecule has 0 radical (unpaired) electrons. The molecule has 0 aliphatic heterocycles. The van der Waals surface area contributed by atoms with Crippen LogP contribution in [0.3, 0.4) is 0 Å². The molecule has 2 aromatic rings. The minimum Gasteiger partial charge on any atom is -0.392 e. The average Bonchev–Trinajstić information content (AvgIpc) is 2.85. The summed E-state index contributed by atoms with van der Waals surface area (Å²) in [5.74, 6) is 0. The van der Waals surface area contributed by atoms with Crippen LogP contribution in [0.25, 0.3) is 0 Å². The molecule has 0 bridgehead atoms. The number of rotatable bonds is 6. The number of nitrogens with one attached hydrogen (secondary N) is 1. The van der Waals surface area contributed by atoms with Crippen molar-refractivity contribution in [2.45, 2.75) is 39.6 Å². The lowest BCUT2D eigenvalue weighted by Crippen LogP contribution is -2.21. The van der Waals surface area contributed by atoms with Crippen molar-refractivity contribution >= 4 is 0 Å². The van der Waals surface area contributed by atoms with Gasteiger partial charge in [-0.3, -0.25) is 0 Å². The van der Waals surface area contributed by atoms with Crippen molar-refractivity contribution in [2.75, 3.05) is 0 Å². The zero-order valence-electron chi connectivity index (χ0n) is 11.4. The molecule has 0 amide bonds. The maximum atomic E-state index is 8.99. The minimum atomic E-state index is 0.0780. The Balaban J connectivity index is 1.95. The summed E-state index contributed by atoms with van der Waals surface area (Å²) in [5.41, 5.74) is 3.01. The van der Waals surface area contributed by atoms with Gasteiger partial charge in [-0.15, -0.1) is 5.10 Å². The number of aliphatic hydroxyl groups excluding tert-OH is 1. The summed E-state index contributed by atoms with van der Waals surface area (Å²) in [6.07, 6.45) is 1.95. The van der Waals surface area contributed by atoms with Crippen LogP contribution in [-0.4, -0.2) is 26.1 Å². The Morgan fingerprint density at radius 1 is 1.21 bits per heavy atom. The zero-order chi connectivity index (χ0) is 13.7. The summed E-state index contributed by atoms with van der Waals surface area (Å²) in [5, 5.41) is 20.5. The molecule has 102 valence electrons. The Kier molecular flexibility index (Phi) is 4.65. The van der Waals surface area contributed by atoms with E-state index in [1.165, 1.54) is 0 Å². The first kappa shape index (κ1) is 13.7. The first-order chi connectivity index (χ1) is 9.17.